The average Bonchev–Trinajstić information content (AvgIpc) is 2.38. The highest BCUT2D eigenvalue weighted by molar-refractivity contribution is 14.1. The van der Waals surface area contributed by atoms with Crippen LogP contribution >= 0.6 is 38.5 Å². The van der Waals surface area contributed by atoms with Gasteiger partial charge in [0.25, 0.3) is 5.91 Å². The molecule has 0 aliphatic rings. The van der Waals surface area contributed by atoms with Crippen LogP contribution in [-0.4, -0.2) is 5.91 Å². The number of carbonyl (C=O) groups excluding carboxylic acids is 1. The Morgan fingerprint density at radius 2 is 2.05 bits per heavy atom. The minimum Gasteiger partial charge on any atom is -0.322 e. The summed E-state index contributed by atoms with van der Waals surface area (Å²) in [6.07, 6.45) is 0. The van der Waals surface area contributed by atoms with E-state index < -0.39 is 5.82 Å². The first kappa shape index (κ1) is 14.5. The van der Waals surface area contributed by atoms with Crippen molar-refractivity contribution in [2.24, 2.45) is 0 Å². The molecule has 1 amide bonds. The van der Waals surface area contributed by atoms with Crippen LogP contribution in [0, 0.1) is 16.3 Å². The number of rotatable bonds is 2. The van der Waals surface area contributed by atoms with Gasteiger partial charge in [-0.15, -0.1) is 0 Å². The van der Waals surface area contributed by atoms with Crippen LogP contribution in [0.2, 0.25) is 0 Å². The fraction of sp³-hybridized carbons (Fsp3) is 0.0714. The third kappa shape index (κ3) is 3.33. The molecule has 2 aromatic carbocycles. The zero-order valence-electron chi connectivity index (χ0n) is 10.0. The van der Waals surface area contributed by atoms with Gasteiger partial charge in [-0.05, 0) is 81.3 Å². The minimum atomic E-state index is -0.437. The molecule has 0 aromatic heterocycles. The molecule has 0 spiro atoms. The highest BCUT2D eigenvalue weighted by Crippen LogP contribution is 2.23. The SMILES string of the molecule is Cc1c(I)cccc1NC(=O)c1cc(F)ccc1Br. The lowest BCUT2D eigenvalue weighted by Gasteiger charge is -2.10. The Morgan fingerprint density at radius 3 is 2.79 bits per heavy atom. The van der Waals surface area contributed by atoms with Gasteiger partial charge in [0, 0.05) is 13.7 Å². The number of benzene rings is 2. The number of halogens is 3. The summed E-state index contributed by atoms with van der Waals surface area (Å²) in [6.45, 7) is 1.93. The van der Waals surface area contributed by atoms with Gasteiger partial charge < -0.3 is 5.32 Å². The lowest BCUT2D eigenvalue weighted by Crippen LogP contribution is -2.14. The van der Waals surface area contributed by atoms with Crippen LogP contribution in [0.5, 0.6) is 0 Å². The first-order valence-electron chi connectivity index (χ1n) is 5.50. The molecule has 0 saturated carbocycles. The molecule has 1 N–H and O–H groups in total. The third-order valence-corrected chi connectivity index (χ3v) is 4.55. The van der Waals surface area contributed by atoms with Crippen molar-refractivity contribution >= 4 is 50.1 Å². The van der Waals surface area contributed by atoms with E-state index in [2.05, 4.69) is 43.8 Å². The zero-order chi connectivity index (χ0) is 14.0. The maximum absolute atomic E-state index is 13.2. The van der Waals surface area contributed by atoms with Gasteiger partial charge in [-0.1, -0.05) is 6.07 Å². The third-order valence-electron chi connectivity index (χ3n) is 2.69. The first-order valence-corrected chi connectivity index (χ1v) is 7.37. The number of nitrogens with one attached hydrogen (secondary N) is 1. The summed E-state index contributed by atoms with van der Waals surface area (Å²) in [4.78, 5) is 12.1. The summed E-state index contributed by atoms with van der Waals surface area (Å²) in [5.74, 6) is -0.774. The summed E-state index contributed by atoms with van der Waals surface area (Å²) in [7, 11) is 0. The van der Waals surface area contributed by atoms with Crippen molar-refractivity contribution in [1.29, 1.82) is 0 Å². The van der Waals surface area contributed by atoms with Crippen molar-refractivity contribution in [1.82, 2.24) is 0 Å². The van der Waals surface area contributed by atoms with E-state index in [-0.39, 0.29) is 11.5 Å². The fourth-order valence-corrected chi connectivity index (χ4v) is 2.53. The largest absolute Gasteiger partial charge is 0.322 e. The quantitative estimate of drug-likeness (QED) is 0.680. The Hall–Kier alpha value is -0.950. The van der Waals surface area contributed by atoms with E-state index in [4.69, 9.17) is 0 Å². The van der Waals surface area contributed by atoms with Crippen LogP contribution in [0.15, 0.2) is 40.9 Å². The minimum absolute atomic E-state index is 0.276. The fourth-order valence-electron chi connectivity index (χ4n) is 1.60. The summed E-state index contributed by atoms with van der Waals surface area (Å²) in [5, 5.41) is 2.79. The summed E-state index contributed by atoms with van der Waals surface area (Å²) < 4.78 is 14.8. The van der Waals surface area contributed by atoms with E-state index in [1.165, 1.54) is 18.2 Å². The molecule has 19 heavy (non-hydrogen) atoms. The lowest BCUT2D eigenvalue weighted by atomic mass is 10.1. The molecule has 0 heterocycles. The number of anilines is 1. The molecule has 0 bridgehead atoms. The Labute approximate surface area is 132 Å². The second-order valence-corrected chi connectivity index (χ2v) is 6.01. The number of hydrogen-bond donors (Lipinski definition) is 1. The van der Waals surface area contributed by atoms with Gasteiger partial charge >= 0.3 is 0 Å². The van der Waals surface area contributed by atoms with Crippen molar-refractivity contribution in [2.45, 2.75) is 6.92 Å². The van der Waals surface area contributed by atoms with E-state index in [0.29, 0.717) is 4.47 Å². The van der Waals surface area contributed by atoms with Gasteiger partial charge in [0.2, 0.25) is 0 Å². The summed E-state index contributed by atoms with van der Waals surface area (Å²) in [5.41, 5.74) is 2.00. The van der Waals surface area contributed by atoms with Crippen LogP contribution < -0.4 is 5.32 Å². The summed E-state index contributed by atoms with van der Waals surface area (Å²) >= 11 is 5.45. The van der Waals surface area contributed by atoms with Crippen LogP contribution in [0.1, 0.15) is 15.9 Å². The smallest absolute Gasteiger partial charge is 0.256 e. The zero-order valence-corrected chi connectivity index (χ0v) is 13.7. The van der Waals surface area contributed by atoms with Crippen molar-refractivity contribution in [3.8, 4) is 0 Å². The monoisotopic (exact) mass is 433 g/mol. The van der Waals surface area contributed by atoms with Crippen LogP contribution in [0.3, 0.4) is 0 Å². The predicted octanol–water partition coefficient (Wildman–Crippen LogP) is 4.75. The number of carbonyl (C=O) groups is 1. The van der Waals surface area contributed by atoms with E-state index in [0.717, 1.165) is 14.8 Å². The number of amides is 1. The second kappa shape index (κ2) is 6.00. The van der Waals surface area contributed by atoms with Crippen molar-refractivity contribution < 1.29 is 9.18 Å². The molecule has 0 saturated heterocycles. The molecule has 5 heteroatoms. The molecular weight excluding hydrogens is 424 g/mol. The Bertz CT molecular complexity index is 645. The molecule has 2 rings (SSSR count). The topological polar surface area (TPSA) is 29.1 Å². The molecule has 2 nitrogen and oxygen atoms in total. The molecule has 0 unspecified atom stereocenters. The van der Waals surface area contributed by atoms with E-state index in [1.807, 2.05) is 25.1 Å². The van der Waals surface area contributed by atoms with Crippen molar-refractivity contribution in [2.75, 3.05) is 5.32 Å². The molecule has 0 aliphatic heterocycles. The van der Waals surface area contributed by atoms with E-state index in [9.17, 15) is 9.18 Å². The molecule has 0 aliphatic carbocycles. The van der Waals surface area contributed by atoms with Crippen LogP contribution in [-0.2, 0) is 0 Å². The standard InChI is InChI=1S/C14H10BrFINO/c1-8-12(17)3-2-4-13(8)18-14(19)10-7-9(16)5-6-11(10)15/h2-7H,1H3,(H,18,19). The highest BCUT2D eigenvalue weighted by Gasteiger charge is 2.13. The van der Waals surface area contributed by atoms with Crippen molar-refractivity contribution in [3.63, 3.8) is 0 Å². The van der Waals surface area contributed by atoms with E-state index in [1.54, 1.807) is 0 Å². The van der Waals surface area contributed by atoms with Gasteiger partial charge in [0.15, 0.2) is 0 Å². The lowest BCUT2D eigenvalue weighted by molar-refractivity contribution is 0.102. The normalized spacial score (nSPS) is 10.3. The van der Waals surface area contributed by atoms with Gasteiger partial charge in [-0.2, -0.15) is 0 Å². The Morgan fingerprint density at radius 1 is 1.32 bits per heavy atom. The van der Waals surface area contributed by atoms with Crippen LogP contribution in [0.4, 0.5) is 10.1 Å². The molecule has 0 fully saturated rings. The van der Waals surface area contributed by atoms with Gasteiger partial charge in [-0.25, -0.2) is 4.39 Å². The van der Waals surface area contributed by atoms with Gasteiger partial charge in [0.05, 0.1) is 5.56 Å². The van der Waals surface area contributed by atoms with Gasteiger partial charge in [0.1, 0.15) is 5.82 Å². The average molecular weight is 434 g/mol. The number of hydrogen-bond acceptors (Lipinski definition) is 1. The molecular formula is C14H10BrFINO. The summed E-state index contributed by atoms with van der Waals surface area (Å²) in [6, 6.07) is 9.68. The Balaban J connectivity index is 2.31. The first-order chi connectivity index (χ1) is 8.99. The molecule has 0 radical (unpaired) electrons. The Kier molecular flexibility index (Phi) is 4.57. The maximum atomic E-state index is 13.2. The second-order valence-electron chi connectivity index (χ2n) is 3.99. The van der Waals surface area contributed by atoms with Crippen molar-refractivity contribution in [3.05, 3.63) is 61.4 Å². The molecule has 0 atom stereocenters. The van der Waals surface area contributed by atoms with Crippen LogP contribution in [0.25, 0.3) is 0 Å². The molecule has 2 aromatic rings. The maximum Gasteiger partial charge on any atom is 0.256 e. The van der Waals surface area contributed by atoms with E-state index >= 15 is 0 Å². The molecule has 98 valence electrons. The van der Waals surface area contributed by atoms with Gasteiger partial charge in [-0.3, -0.25) is 4.79 Å². The highest BCUT2D eigenvalue weighted by atomic mass is 127. The predicted molar refractivity (Wildman–Crippen MR) is 85.9 cm³/mol.